The van der Waals surface area contributed by atoms with Crippen LogP contribution in [0.15, 0.2) is 23.7 Å². The fraction of sp³-hybridized carbons (Fsp3) is 0.562. The summed E-state index contributed by atoms with van der Waals surface area (Å²) in [5.41, 5.74) is 0. The number of pyridine rings is 1. The molecule has 108 valence electrons. The van der Waals surface area contributed by atoms with Crippen LogP contribution >= 0.6 is 11.3 Å². The molecule has 0 spiro atoms. The lowest BCUT2D eigenvalue weighted by Gasteiger charge is -2.34. The molecule has 1 aliphatic heterocycles. The summed E-state index contributed by atoms with van der Waals surface area (Å²) in [5, 5.41) is 7.05. The maximum Gasteiger partial charge on any atom is 0.137 e. The number of rotatable bonds is 4. The lowest BCUT2D eigenvalue weighted by molar-refractivity contribution is 0.378. The second-order valence-corrected chi connectivity index (χ2v) is 6.93. The molecule has 1 aliphatic rings. The summed E-state index contributed by atoms with van der Waals surface area (Å²) in [5.74, 6) is 1.92. The van der Waals surface area contributed by atoms with Crippen LogP contribution in [-0.4, -0.2) is 30.7 Å². The number of hydrogen-bond donors (Lipinski definition) is 1. The van der Waals surface area contributed by atoms with Crippen LogP contribution in [0.4, 0.5) is 5.82 Å². The zero-order chi connectivity index (χ0) is 13.9. The average molecular weight is 289 g/mol. The van der Waals surface area contributed by atoms with Crippen molar-refractivity contribution in [1.82, 2.24) is 10.3 Å². The highest BCUT2D eigenvalue weighted by Gasteiger charge is 2.22. The highest BCUT2D eigenvalue weighted by atomic mass is 32.1. The fourth-order valence-electron chi connectivity index (χ4n) is 2.96. The van der Waals surface area contributed by atoms with Gasteiger partial charge in [0.15, 0.2) is 0 Å². The number of nitrogens with zero attached hydrogens (tertiary/aromatic N) is 2. The molecule has 0 aromatic carbocycles. The average Bonchev–Trinajstić information content (AvgIpc) is 2.93. The lowest BCUT2D eigenvalue weighted by Crippen LogP contribution is -2.41. The Bertz CT molecular complexity index is 564. The second kappa shape index (κ2) is 6.10. The Balaban J connectivity index is 1.75. The zero-order valence-corrected chi connectivity index (χ0v) is 13.1. The Hall–Kier alpha value is -1.13. The number of nitrogens with one attached hydrogen (secondary N) is 1. The van der Waals surface area contributed by atoms with Gasteiger partial charge in [-0.1, -0.05) is 13.8 Å². The second-order valence-electron chi connectivity index (χ2n) is 5.98. The number of thiophene rings is 1. The van der Waals surface area contributed by atoms with Gasteiger partial charge in [0.25, 0.3) is 0 Å². The quantitative estimate of drug-likeness (QED) is 0.933. The van der Waals surface area contributed by atoms with Crippen LogP contribution in [-0.2, 0) is 0 Å². The summed E-state index contributed by atoms with van der Waals surface area (Å²) in [4.78, 5) is 7.12. The van der Waals surface area contributed by atoms with Crippen molar-refractivity contribution in [3.8, 4) is 0 Å². The van der Waals surface area contributed by atoms with Gasteiger partial charge in [-0.05, 0) is 42.8 Å². The minimum atomic E-state index is 0.573. The molecule has 1 fully saturated rings. The third kappa shape index (κ3) is 2.96. The van der Waals surface area contributed by atoms with Crippen molar-refractivity contribution in [3.05, 3.63) is 23.7 Å². The molecule has 0 saturated carbocycles. The van der Waals surface area contributed by atoms with E-state index in [0.29, 0.717) is 6.04 Å². The lowest BCUT2D eigenvalue weighted by atomic mass is 9.97. The first-order valence-electron chi connectivity index (χ1n) is 7.54. The topological polar surface area (TPSA) is 28.2 Å². The van der Waals surface area contributed by atoms with Crippen LogP contribution in [0, 0.1) is 5.92 Å². The van der Waals surface area contributed by atoms with Crippen LogP contribution in [0.25, 0.3) is 10.1 Å². The summed E-state index contributed by atoms with van der Waals surface area (Å²) in [6.07, 6.45) is 4.55. The van der Waals surface area contributed by atoms with Crippen LogP contribution in [0.5, 0.6) is 0 Å². The van der Waals surface area contributed by atoms with Crippen LogP contribution < -0.4 is 10.2 Å². The van der Waals surface area contributed by atoms with Gasteiger partial charge in [-0.3, -0.25) is 0 Å². The largest absolute Gasteiger partial charge is 0.356 e. The van der Waals surface area contributed by atoms with E-state index in [1.54, 1.807) is 11.3 Å². The predicted octanol–water partition coefficient (Wildman–Crippen LogP) is 3.51. The number of hydrogen-bond acceptors (Lipinski definition) is 4. The molecule has 0 amide bonds. The molecular weight excluding hydrogens is 266 g/mol. The van der Waals surface area contributed by atoms with Crippen molar-refractivity contribution in [3.63, 3.8) is 0 Å². The molecule has 3 heterocycles. The van der Waals surface area contributed by atoms with Gasteiger partial charge in [-0.25, -0.2) is 4.98 Å². The van der Waals surface area contributed by atoms with E-state index in [-0.39, 0.29) is 0 Å². The molecule has 4 heteroatoms. The molecule has 1 N–H and O–H groups in total. The maximum absolute atomic E-state index is 4.64. The van der Waals surface area contributed by atoms with Gasteiger partial charge in [0.1, 0.15) is 5.82 Å². The summed E-state index contributed by atoms with van der Waals surface area (Å²) < 4.78 is 1.34. The summed E-state index contributed by atoms with van der Waals surface area (Å²) in [6, 6.07) is 4.90. The number of fused-ring (bicyclic) bond motifs is 1. The molecule has 1 unspecified atom stereocenters. The molecular formula is C16H23N3S. The molecule has 3 nitrogen and oxygen atoms in total. The van der Waals surface area contributed by atoms with E-state index in [0.717, 1.165) is 25.6 Å². The van der Waals surface area contributed by atoms with Crippen molar-refractivity contribution in [2.45, 2.75) is 32.7 Å². The first-order valence-corrected chi connectivity index (χ1v) is 8.42. The van der Waals surface area contributed by atoms with E-state index < -0.39 is 0 Å². The van der Waals surface area contributed by atoms with E-state index in [1.165, 1.54) is 28.7 Å². The SMILES string of the molecule is CC(C)NCC1CCCN(c2nccc3sccc23)C1. The smallest absolute Gasteiger partial charge is 0.137 e. The van der Waals surface area contributed by atoms with Gasteiger partial charge < -0.3 is 10.2 Å². The van der Waals surface area contributed by atoms with Crippen LogP contribution in [0.1, 0.15) is 26.7 Å². The van der Waals surface area contributed by atoms with Crippen LogP contribution in [0.2, 0.25) is 0 Å². The normalized spacial score (nSPS) is 19.9. The Morgan fingerprint density at radius 1 is 1.45 bits per heavy atom. The minimum Gasteiger partial charge on any atom is -0.356 e. The predicted molar refractivity (Wildman–Crippen MR) is 87.7 cm³/mol. The molecule has 20 heavy (non-hydrogen) atoms. The van der Waals surface area contributed by atoms with E-state index >= 15 is 0 Å². The number of anilines is 1. The molecule has 1 saturated heterocycles. The third-order valence-corrected chi connectivity index (χ3v) is 4.87. The minimum absolute atomic E-state index is 0.573. The van der Waals surface area contributed by atoms with Gasteiger partial charge in [0, 0.05) is 35.4 Å². The summed E-state index contributed by atoms with van der Waals surface area (Å²) in [6.45, 7) is 7.82. The van der Waals surface area contributed by atoms with E-state index in [4.69, 9.17) is 0 Å². The number of piperidine rings is 1. The van der Waals surface area contributed by atoms with Crippen molar-refractivity contribution in [2.24, 2.45) is 5.92 Å². The molecule has 0 radical (unpaired) electrons. The number of aromatic nitrogens is 1. The van der Waals surface area contributed by atoms with Gasteiger partial charge in [0.05, 0.1) is 0 Å². The molecule has 3 rings (SSSR count). The Morgan fingerprint density at radius 3 is 3.20 bits per heavy atom. The molecule has 0 bridgehead atoms. The van der Waals surface area contributed by atoms with Gasteiger partial charge in [-0.15, -0.1) is 11.3 Å². The fourth-order valence-corrected chi connectivity index (χ4v) is 3.73. The summed E-state index contributed by atoms with van der Waals surface area (Å²) >= 11 is 1.80. The zero-order valence-electron chi connectivity index (χ0n) is 12.3. The van der Waals surface area contributed by atoms with E-state index in [1.807, 2.05) is 6.20 Å². The first kappa shape index (κ1) is 13.8. The van der Waals surface area contributed by atoms with Crippen molar-refractivity contribution < 1.29 is 0 Å². The van der Waals surface area contributed by atoms with Gasteiger partial charge in [-0.2, -0.15) is 0 Å². The van der Waals surface area contributed by atoms with Crippen molar-refractivity contribution in [2.75, 3.05) is 24.5 Å². The molecule has 2 aromatic heterocycles. The highest BCUT2D eigenvalue weighted by molar-refractivity contribution is 7.17. The van der Waals surface area contributed by atoms with E-state index in [9.17, 15) is 0 Å². The first-order chi connectivity index (χ1) is 9.74. The molecule has 2 aromatic rings. The molecule has 0 aliphatic carbocycles. The van der Waals surface area contributed by atoms with Gasteiger partial charge >= 0.3 is 0 Å². The Morgan fingerprint density at radius 2 is 2.35 bits per heavy atom. The monoisotopic (exact) mass is 289 g/mol. The maximum atomic E-state index is 4.64. The van der Waals surface area contributed by atoms with Gasteiger partial charge in [0.2, 0.25) is 0 Å². The van der Waals surface area contributed by atoms with Crippen molar-refractivity contribution in [1.29, 1.82) is 0 Å². The highest BCUT2D eigenvalue weighted by Crippen LogP contribution is 2.30. The Labute approximate surface area is 125 Å². The third-order valence-electron chi connectivity index (χ3n) is 3.99. The van der Waals surface area contributed by atoms with E-state index in [2.05, 4.69) is 46.6 Å². The Kier molecular flexibility index (Phi) is 4.22. The standard InChI is InChI=1S/C16H23N3S/c1-12(2)18-10-13-4-3-8-19(11-13)16-14-6-9-20-15(14)5-7-17-16/h5-7,9,12-13,18H,3-4,8,10-11H2,1-2H3. The van der Waals surface area contributed by atoms with Crippen molar-refractivity contribution >= 4 is 27.2 Å². The summed E-state index contributed by atoms with van der Waals surface area (Å²) in [7, 11) is 0. The molecule has 1 atom stereocenters. The van der Waals surface area contributed by atoms with Crippen LogP contribution in [0.3, 0.4) is 0 Å².